The molecule has 1 aliphatic heterocycles. The highest BCUT2D eigenvalue weighted by Gasteiger charge is 2.58. The Hall–Kier alpha value is -1.16. The first-order valence-electron chi connectivity index (χ1n) is 8.35. The van der Waals surface area contributed by atoms with Gasteiger partial charge in [0.15, 0.2) is 0 Å². The van der Waals surface area contributed by atoms with E-state index in [2.05, 4.69) is 19.1 Å². The zero-order valence-electron chi connectivity index (χ0n) is 12.8. The van der Waals surface area contributed by atoms with Crippen LogP contribution in [0, 0.1) is 23.7 Å². The Labute approximate surface area is 126 Å². The summed E-state index contributed by atoms with van der Waals surface area (Å²) in [5.41, 5.74) is 0. The van der Waals surface area contributed by atoms with E-state index in [-0.39, 0.29) is 23.7 Å². The summed E-state index contributed by atoms with van der Waals surface area (Å²) in [4.78, 5) is 26.3. The average molecular weight is 291 g/mol. The quantitative estimate of drug-likeness (QED) is 0.392. The minimum Gasteiger partial charge on any atom is -0.381 e. The molecule has 0 N–H and O–H groups in total. The van der Waals surface area contributed by atoms with Crippen LogP contribution in [0.5, 0.6) is 0 Å². The standard InChI is InChI=1S/C17H25NO3/c1-2-3-4-9-21-10-5-8-18-16(19)14-12-6-7-13(11-12)15(14)17(18)20/h6-7,12-15H,2-5,8-11H2,1H3/t12-,13-,14-,15-/m0/s1. The molecule has 2 aliphatic carbocycles. The number of nitrogens with zero attached hydrogens (tertiary/aromatic N) is 1. The van der Waals surface area contributed by atoms with Crippen molar-refractivity contribution in [3.63, 3.8) is 0 Å². The van der Waals surface area contributed by atoms with Crippen molar-refractivity contribution in [1.82, 2.24) is 4.90 Å². The minimum absolute atomic E-state index is 0.0574. The van der Waals surface area contributed by atoms with Crippen LogP contribution in [0.15, 0.2) is 12.2 Å². The maximum Gasteiger partial charge on any atom is 0.233 e. The van der Waals surface area contributed by atoms with E-state index in [1.807, 2.05) is 0 Å². The lowest BCUT2D eigenvalue weighted by Gasteiger charge is -2.17. The van der Waals surface area contributed by atoms with E-state index in [0.717, 1.165) is 25.9 Å². The molecule has 116 valence electrons. The average Bonchev–Trinajstić information content (AvgIpc) is 3.15. The number of carbonyl (C=O) groups excluding carboxylic acids is 2. The van der Waals surface area contributed by atoms with Gasteiger partial charge in [-0.3, -0.25) is 14.5 Å². The molecule has 1 saturated carbocycles. The van der Waals surface area contributed by atoms with Crippen molar-refractivity contribution in [2.24, 2.45) is 23.7 Å². The monoisotopic (exact) mass is 291 g/mol. The van der Waals surface area contributed by atoms with E-state index in [9.17, 15) is 9.59 Å². The highest BCUT2D eigenvalue weighted by Crippen LogP contribution is 2.52. The summed E-state index contributed by atoms with van der Waals surface area (Å²) in [6, 6.07) is 0. The summed E-state index contributed by atoms with van der Waals surface area (Å²) in [6.45, 7) is 4.12. The molecule has 3 aliphatic rings. The second-order valence-electron chi connectivity index (χ2n) is 6.50. The second kappa shape index (κ2) is 6.30. The van der Waals surface area contributed by atoms with Gasteiger partial charge in [-0.2, -0.15) is 0 Å². The Morgan fingerprint density at radius 1 is 1.05 bits per heavy atom. The van der Waals surface area contributed by atoms with Crippen molar-refractivity contribution >= 4 is 11.8 Å². The van der Waals surface area contributed by atoms with Crippen LogP contribution in [0.2, 0.25) is 0 Å². The van der Waals surface area contributed by atoms with Gasteiger partial charge >= 0.3 is 0 Å². The molecule has 1 heterocycles. The SMILES string of the molecule is CCCCCOCCCN1C(=O)[C@@H]2[C@@H](C1=O)[C@H]1C=C[C@H]2C1. The van der Waals surface area contributed by atoms with Gasteiger partial charge in [0.25, 0.3) is 0 Å². The summed E-state index contributed by atoms with van der Waals surface area (Å²) >= 11 is 0. The molecular formula is C17H25NO3. The number of rotatable bonds is 8. The van der Waals surface area contributed by atoms with E-state index >= 15 is 0 Å². The van der Waals surface area contributed by atoms with Gasteiger partial charge in [-0.15, -0.1) is 0 Å². The first-order chi connectivity index (χ1) is 10.2. The molecule has 4 heteroatoms. The number of carbonyl (C=O) groups is 2. The third-order valence-electron chi connectivity index (χ3n) is 5.12. The maximum absolute atomic E-state index is 12.4. The Balaban J connectivity index is 1.43. The van der Waals surface area contributed by atoms with Gasteiger partial charge in [0.1, 0.15) is 0 Å². The van der Waals surface area contributed by atoms with E-state index in [1.54, 1.807) is 0 Å². The zero-order chi connectivity index (χ0) is 14.8. The van der Waals surface area contributed by atoms with Crippen LogP contribution in [0.3, 0.4) is 0 Å². The third kappa shape index (κ3) is 2.66. The first kappa shape index (κ1) is 14.8. The van der Waals surface area contributed by atoms with Crippen LogP contribution < -0.4 is 0 Å². The first-order valence-corrected chi connectivity index (χ1v) is 8.35. The van der Waals surface area contributed by atoms with Crippen molar-refractivity contribution in [2.45, 2.75) is 39.0 Å². The third-order valence-corrected chi connectivity index (χ3v) is 5.12. The molecule has 1 saturated heterocycles. The van der Waals surface area contributed by atoms with Crippen molar-refractivity contribution in [3.05, 3.63) is 12.2 Å². The molecule has 0 aromatic heterocycles. The lowest BCUT2D eigenvalue weighted by Crippen LogP contribution is -2.34. The molecule has 2 fully saturated rings. The molecule has 21 heavy (non-hydrogen) atoms. The topological polar surface area (TPSA) is 46.6 Å². The van der Waals surface area contributed by atoms with E-state index in [4.69, 9.17) is 4.74 Å². The molecule has 0 spiro atoms. The van der Waals surface area contributed by atoms with E-state index in [0.29, 0.717) is 25.0 Å². The van der Waals surface area contributed by atoms with Crippen LogP contribution in [0.25, 0.3) is 0 Å². The number of likely N-dealkylation sites (tertiary alicyclic amines) is 1. The molecule has 0 radical (unpaired) electrons. The Morgan fingerprint density at radius 2 is 1.67 bits per heavy atom. The largest absolute Gasteiger partial charge is 0.381 e. The van der Waals surface area contributed by atoms with Crippen LogP contribution in [-0.2, 0) is 14.3 Å². The number of imide groups is 1. The van der Waals surface area contributed by atoms with Crippen LogP contribution >= 0.6 is 0 Å². The van der Waals surface area contributed by atoms with Crippen LogP contribution in [-0.4, -0.2) is 36.5 Å². The molecule has 0 aromatic carbocycles. The molecule has 4 nitrogen and oxygen atoms in total. The highest BCUT2D eigenvalue weighted by atomic mass is 16.5. The molecule has 4 atom stereocenters. The van der Waals surface area contributed by atoms with Gasteiger partial charge in [0.2, 0.25) is 11.8 Å². The van der Waals surface area contributed by atoms with Gasteiger partial charge in [-0.1, -0.05) is 31.9 Å². The van der Waals surface area contributed by atoms with Crippen molar-refractivity contribution in [3.8, 4) is 0 Å². The second-order valence-corrected chi connectivity index (χ2v) is 6.50. The lowest BCUT2D eigenvalue weighted by atomic mass is 9.85. The summed E-state index contributed by atoms with van der Waals surface area (Å²) in [7, 11) is 0. The maximum atomic E-state index is 12.4. The minimum atomic E-state index is -0.0574. The molecule has 0 unspecified atom stereocenters. The lowest BCUT2D eigenvalue weighted by molar-refractivity contribution is -0.140. The molecular weight excluding hydrogens is 266 g/mol. The number of fused-ring (bicyclic) bond motifs is 5. The van der Waals surface area contributed by atoms with E-state index < -0.39 is 0 Å². The van der Waals surface area contributed by atoms with Crippen molar-refractivity contribution in [2.75, 3.05) is 19.8 Å². The van der Waals surface area contributed by atoms with Crippen LogP contribution in [0.1, 0.15) is 39.0 Å². The number of hydrogen-bond donors (Lipinski definition) is 0. The van der Waals surface area contributed by atoms with E-state index in [1.165, 1.54) is 17.7 Å². The molecule has 2 amide bonds. The number of allylic oxidation sites excluding steroid dienone is 2. The number of hydrogen-bond acceptors (Lipinski definition) is 3. The number of amides is 2. The molecule has 2 bridgehead atoms. The summed E-state index contributed by atoms with van der Waals surface area (Å²) in [5, 5.41) is 0. The summed E-state index contributed by atoms with van der Waals surface area (Å²) < 4.78 is 5.55. The normalized spacial score (nSPS) is 33.3. The van der Waals surface area contributed by atoms with Gasteiger partial charge in [0.05, 0.1) is 11.8 Å². The zero-order valence-corrected chi connectivity index (χ0v) is 12.8. The fourth-order valence-corrected chi connectivity index (χ4v) is 4.07. The van der Waals surface area contributed by atoms with Gasteiger partial charge < -0.3 is 4.74 Å². The Bertz CT molecular complexity index is 415. The highest BCUT2D eigenvalue weighted by molar-refractivity contribution is 6.06. The number of unbranched alkanes of at least 4 members (excludes halogenated alkanes) is 2. The van der Waals surface area contributed by atoms with Crippen LogP contribution in [0.4, 0.5) is 0 Å². The Morgan fingerprint density at radius 3 is 2.29 bits per heavy atom. The smallest absolute Gasteiger partial charge is 0.233 e. The van der Waals surface area contributed by atoms with Crippen molar-refractivity contribution in [1.29, 1.82) is 0 Å². The summed E-state index contributed by atoms with van der Waals surface area (Å²) in [5.74, 6) is 0.634. The van der Waals surface area contributed by atoms with Crippen molar-refractivity contribution < 1.29 is 14.3 Å². The van der Waals surface area contributed by atoms with Gasteiger partial charge in [-0.25, -0.2) is 0 Å². The molecule has 3 rings (SSSR count). The predicted octanol–water partition coefficient (Wildman–Crippen LogP) is 2.39. The van der Waals surface area contributed by atoms with Gasteiger partial charge in [0, 0.05) is 19.8 Å². The van der Waals surface area contributed by atoms with Gasteiger partial charge in [-0.05, 0) is 31.1 Å². The number of ether oxygens (including phenoxy) is 1. The fraction of sp³-hybridized carbons (Fsp3) is 0.765. The Kier molecular flexibility index (Phi) is 4.43. The fourth-order valence-electron chi connectivity index (χ4n) is 4.07. The molecule has 0 aromatic rings. The predicted molar refractivity (Wildman–Crippen MR) is 79.4 cm³/mol. The summed E-state index contributed by atoms with van der Waals surface area (Å²) in [6.07, 6.45) is 9.51.